The zero-order valence-corrected chi connectivity index (χ0v) is 18.1. The molecule has 1 aliphatic rings. The summed E-state index contributed by atoms with van der Waals surface area (Å²) in [4.78, 5) is 13.7. The summed E-state index contributed by atoms with van der Waals surface area (Å²) in [6.07, 6.45) is 2.28. The predicted molar refractivity (Wildman–Crippen MR) is 109 cm³/mol. The summed E-state index contributed by atoms with van der Waals surface area (Å²) in [7, 11) is 1.55. The molecule has 0 N–H and O–H groups in total. The van der Waals surface area contributed by atoms with E-state index in [-0.39, 0.29) is 18.8 Å². The topological polar surface area (TPSA) is 117 Å². The third-order valence-electron chi connectivity index (χ3n) is 4.58. The SMILES string of the molecule is CN(C(=O)OC(C)(C)C)c1nnc2ccc(-c3cc(COC4CCCCO4)no3)nn12. The lowest BCUT2D eigenvalue weighted by Gasteiger charge is -2.23. The molecule has 1 saturated heterocycles. The van der Waals surface area contributed by atoms with Gasteiger partial charge in [0.25, 0.3) is 5.95 Å². The Morgan fingerprint density at radius 3 is 2.87 bits per heavy atom. The van der Waals surface area contributed by atoms with E-state index in [1.165, 1.54) is 9.42 Å². The lowest BCUT2D eigenvalue weighted by molar-refractivity contribution is -0.169. The molecule has 0 aromatic carbocycles. The minimum atomic E-state index is -0.634. The molecule has 11 heteroatoms. The normalized spacial score (nSPS) is 17.1. The minimum Gasteiger partial charge on any atom is -0.443 e. The highest BCUT2D eigenvalue weighted by atomic mass is 16.7. The molecule has 0 radical (unpaired) electrons. The maximum Gasteiger partial charge on any atom is 0.416 e. The molecule has 0 aliphatic carbocycles. The number of amides is 1. The molecular formula is C20H26N6O5. The summed E-state index contributed by atoms with van der Waals surface area (Å²) in [6.45, 7) is 6.39. The van der Waals surface area contributed by atoms with Crippen molar-refractivity contribution < 1.29 is 23.5 Å². The summed E-state index contributed by atoms with van der Waals surface area (Å²) >= 11 is 0. The maximum absolute atomic E-state index is 12.4. The predicted octanol–water partition coefficient (Wildman–Crippen LogP) is 3.19. The lowest BCUT2D eigenvalue weighted by Crippen LogP contribution is -2.35. The maximum atomic E-state index is 12.4. The molecule has 3 aromatic rings. The molecule has 4 heterocycles. The van der Waals surface area contributed by atoms with Crippen LogP contribution in [-0.2, 0) is 20.8 Å². The largest absolute Gasteiger partial charge is 0.443 e. The highest BCUT2D eigenvalue weighted by Gasteiger charge is 2.24. The van der Waals surface area contributed by atoms with Gasteiger partial charge in [-0.1, -0.05) is 5.16 Å². The van der Waals surface area contributed by atoms with Gasteiger partial charge >= 0.3 is 6.09 Å². The second kappa shape index (κ2) is 8.60. The summed E-state index contributed by atoms with van der Waals surface area (Å²) in [5.41, 5.74) is 0.997. The van der Waals surface area contributed by atoms with Crippen LogP contribution in [0.1, 0.15) is 45.7 Å². The fourth-order valence-electron chi connectivity index (χ4n) is 3.05. The van der Waals surface area contributed by atoms with Gasteiger partial charge in [-0.25, -0.2) is 9.69 Å². The summed E-state index contributed by atoms with van der Waals surface area (Å²) < 4.78 is 23.6. The molecule has 1 unspecified atom stereocenters. The van der Waals surface area contributed by atoms with Gasteiger partial charge in [-0.3, -0.25) is 0 Å². The van der Waals surface area contributed by atoms with E-state index in [1.807, 2.05) is 0 Å². The van der Waals surface area contributed by atoms with E-state index in [2.05, 4.69) is 20.5 Å². The van der Waals surface area contributed by atoms with Gasteiger partial charge in [0.15, 0.2) is 17.7 Å². The Kier molecular flexibility index (Phi) is 5.88. The Balaban J connectivity index is 1.51. The van der Waals surface area contributed by atoms with Crippen molar-refractivity contribution >= 4 is 17.7 Å². The van der Waals surface area contributed by atoms with Crippen LogP contribution in [0, 0.1) is 0 Å². The Morgan fingerprint density at radius 1 is 1.29 bits per heavy atom. The molecule has 31 heavy (non-hydrogen) atoms. The summed E-state index contributed by atoms with van der Waals surface area (Å²) in [6, 6.07) is 5.24. The molecule has 166 valence electrons. The second-order valence-electron chi connectivity index (χ2n) is 8.32. The van der Waals surface area contributed by atoms with Gasteiger partial charge in [-0.05, 0) is 52.2 Å². The quantitative estimate of drug-likeness (QED) is 0.601. The van der Waals surface area contributed by atoms with E-state index >= 15 is 0 Å². The Hall–Kier alpha value is -3.05. The van der Waals surface area contributed by atoms with E-state index in [0.717, 1.165) is 25.9 Å². The lowest BCUT2D eigenvalue weighted by atomic mass is 10.2. The molecule has 0 spiro atoms. The average molecular weight is 430 g/mol. The number of carbonyl (C=O) groups excluding carboxylic acids is 1. The van der Waals surface area contributed by atoms with Crippen molar-refractivity contribution in [3.05, 3.63) is 23.9 Å². The van der Waals surface area contributed by atoms with Crippen molar-refractivity contribution in [3.63, 3.8) is 0 Å². The second-order valence-corrected chi connectivity index (χ2v) is 8.32. The molecule has 11 nitrogen and oxygen atoms in total. The first-order chi connectivity index (χ1) is 14.8. The van der Waals surface area contributed by atoms with Crippen LogP contribution in [0.4, 0.5) is 10.7 Å². The third kappa shape index (κ3) is 5.00. The van der Waals surface area contributed by atoms with Crippen LogP contribution in [0.3, 0.4) is 0 Å². The van der Waals surface area contributed by atoms with Crippen LogP contribution in [0.2, 0.25) is 0 Å². The fourth-order valence-corrected chi connectivity index (χ4v) is 3.05. The molecule has 3 aromatic heterocycles. The molecular weight excluding hydrogens is 404 g/mol. The third-order valence-corrected chi connectivity index (χ3v) is 4.58. The smallest absolute Gasteiger partial charge is 0.416 e. The molecule has 0 bridgehead atoms. The van der Waals surface area contributed by atoms with Gasteiger partial charge in [0.2, 0.25) is 0 Å². The molecule has 0 saturated carbocycles. The van der Waals surface area contributed by atoms with Gasteiger partial charge < -0.3 is 18.7 Å². The Morgan fingerprint density at radius 2 is 2.13 bits per heavy atom. The highest BCUT2D eigenvalue weighted by Crippen LogP contribution is 2.22. The van der Waals surface area contributed by atoms with Gasteiger partial charge in [-0.15, -0.1) is 10.2 Å². The number of carbonyl (C=O) groups is 1. The zero-order valence-electron chi connectivity index (χ0n) is 18.1. The monoisotopic (exact) mass is 430 g/mol. The van der Waals surface area contributed by atoms with Crippen molar-refractivity contribution in [2.24, 2.45) is 0 Å². The number of hydrogen-bond acceptors (Lipinski definition) is 9. The van der Waals surface area contributed by atoms with Gasteiger partial charge in [0, 0.05) is 19.7 Å². The first kappa shape index (κ1) is 21.2. The van der Waals surface area contributed by atoms with E-state index in [0.29, 0.717) is 22.8 Å². The number of anilines is 1. The standard InChI is InChI=1S/C20H26N6O5/c1-20(2,3)30-19(27)25(4)18-22-21-16-9-8-14(23-26(16)18)15-11-13(24-31-15)12-29-17-7-5-6-10-28-17/h8-9,11,17H,5-7,10,12H2,1-4H3. The average Bonchev–Trinajstić information content (AvgIpc) is 3.38. The number of aromatic nitrogens is 5. The molecule has 1 aliphatic heterocycles. The van der Waals surface area contributed by atoms with Crippen LogP contribution in [-0.4, -0.2) is 56.6 Å². The van der Waals surface area contributed by atoms with Gasteiger partial charge in [0.05, 0.1) is 6.61 Å². The van der Waals surface area contributed by atoms with Crippen LogP contribution in [0.25, 0.3) is 17.1 Å². The van der Waals surface area contributed by atoms with E-state index in [9.17, 15) is 4.79 Å². The van der Waals surface area contributed by atoms with Crippen LogP contribution in [0.5, 0.6) is 0 Å². The van der Waals surface area contributed by atoms with Crippen LogP contribution >= 0.6 is 0 Å². The van der Waals surface area contributed by atoms with Crippen LogP contribution < -0.4 is 4.90 Å². The molecule has 1 fully saturated rings. The molecule has 1 atom stereocenters. The number of nitrogens with zero attached hydrogens (tertiary/aromatic N) is 6. The number of rotatable bonds is 5. The van der Waals surface area contributed by atoms with E-state index in [1.54, 1.807) is 46.0 Å². The van der Waals surface area contributed by atoms with Gasteiger partial charge in [-0.2, -0.15) is 9.61 Å². The minimum absolute atomic E-state index is 0.202. The van der Waals surface area contributed by atoms with Crippen molar-refractivity contribution in [3.8, 4) is 11.5 Å². The van der Waals surface area contributed by atoms with Crippen molar-refractivity contribution in [1.82, 2.24) is 25.0 Å². The van der Waals surface area contributed by atoms with Gasteiger partial charge in [0.1, 0.15) is 17.0 Å². The number of hydrogen-bond donors (Lipinski definition) is 0. The van der Waals surface area contributed by atoms with E-state index in [4.69, 9.17) is 18.7 Å². The summed E-state index contributed by atoms with van der Waals surface area (Å²) in [5.74, 6) is 0.688. The highest BCUT2D eigenvalue weighted by molar-refractivity contribution is 5.85. The van der Waals surface area contributed by atoms with Crippen molar-refractivity contribution in [1.29, 1.82) is 0 Å². The first-order valence-electron chi connectivity index (χ1n) is 10.2. The zero-order chi connectivity index (χ0) is 22.0. The van der Waals surface area contributed by atoms with Crippen molar-refractivity contribution in [2.75, 3.05) is 18.6 Å². The Labute approximate surface area is 179 Å². The van der Waals surface area contributed by atoms with E-state index < -0.39 is 11.7 Å². The summed E-state index contributed by atoms with van der Waals surface area (Å²) in [5, 5.41) is 16.7. The Bertz CT molecular complexity index is 1050. The van der Waals surface area contributed by atoms with Crippen LogP contribution in [0.15, 0.2) is 22.7 Å². The fraction of sp³-hybridized carbons (Fsp3) is 0.550. The first-order valence-corrected chi connectivity index (χ1v) is 10.2. The number of ether oxygens (including phenoxy) is 3. The molecule has 4 rings (SSSR count). The van der Waals surface area contributed by atoms with Crippen molar-refractivity contribution in [2.45, 2.75) is 58.5 Å². The number of fused-ring (bicyclic) bond motifs is 1. The molecule has 1 amide bonds.